The molecule has 18 heavy (non-hydrogen) atoms. The molecule has 0 aromatic heterocycles. The molecule has 0 radical (unpaired) electrons. The normalized spacial score (nSPS) is 20.5. The van der Waals surface area contributed by atoms with Crippen LogP contribution in [-0.4, -0.2) is 32.5 Å². The van der Waals surface area contributed by atoms with E-state index >= 15 is 0 Å². The minimum Gasteiger partial charge on any atom is -0.478 e. The Bertz CT molecular complexity index is 480. The van der Waals surface area contributed by atoms with Crippen molar-refractivity contribution in [2.24, 2.45) is 0 Å². The molecule has 1 aliphatic rings. The molecule has 5 nitrogen and oxygen atoms in total. The molecule has 1 aromatic carbocycles. The molecule has 0 unspecified atom stereocenters. The molecule has 0 saturated carbocycles. The maximum atomic E-state index is 11.0. The highest BCUT2D eigenvalue weighted by Gasteiger charge is 2.27. The Labute approximate surface area is 115 Å². The second kappa shape index (κ2) is 5.08. The molecule has 0 bridgehead atoms. The van der Waals surface area contributed by atoms with E-state index < -0.39 is 16.7 Å². The van der Waals surface area contributed by atoms with Crippen molar-refractivity contribution in [1.82, 2.24) is 0 Å². The van der Waals surface area contributed by atoms with Crippen LogP contribution in [0.15, 0.2) is 22.7 Å². The Balaban J connectivity index is 2.40. The SMILES string of the molecule is O=C(O)c1cc(Br)cc(N2CCCCS2(O)O)c1. The first kappa shape index (κ1) is 13.7. The van der Waals surface area contributed by atoms with Crippen LogP contribution < -0.4 is 4.31 Å². The van der Waals surface area contributed by atoms with E-state index in [1.807, 2.05) is 0 Å². The molecular weight excluding hydrogens is 322 g/mol. The summed E-state index contributed by atoms with van der Waals surface area (Å²) >= 11 is 3.24. The molecule has 0 amide bonds. The molecule has 0 aliphatic carbocycles. The lowest BCUT2D eigenvalue weighted by molar-refractivity contribution is 0.0697. The van der Waals surface area contributed by atoms with E-state index in [4.69, 9.17) is 5.11 Å². The van der Waals surface area contributed by atoms with Gasteiger partial charge in [-0.3, -0.25) is 13.4 Å². The highest BCUT2D eigenvalue weighted by Crippen LogP contribution is 2.49. The Morgan fingerprint density at radius 3 is 2.61 bits per heavy atom. The smallest absolute Gasteiger partial charge is 0.335 e. The summed E-state index contributed by atoms with van der Waals surface area (Å²) in [6.45, 7) is 0.526. The first-order valence-corrected chi connectivity index (χ1v) is 7.94. The number of rotatable bonds is 2. The summed E-state index contributed by atoms with van der Waals surface area (Å²) in [5, 5.41) is 9.00. The van der Waals surface area contributed by atoms with Gasteiger partial charge in [0.25, 0.3) is 0 Å². The highest BCUT2D eigenvalue weighted by atomic mass is 79.9. The molecule has 1 fully saturated rings. The van der Waals surface area contributed by atoms with E-state index in [0.29, 0.717) is 22.5 Å². The van der Waals surface area contributed by atoms with Crippen LogP contribution in [0.25, 0.3) is 0 Å². The van der Waals surface area contributed by atoms with Crippen molar-refractivity contribution in [2.75, 3.05) is 16.6 Å². The van der Waals surface area contributed by atoms with E-state index in [1.165, 1.54) is 16.4 Å². The zero-order chi connectivity index (χ0) is 13.3. The number of hydrogen-bond donors (Lipinski definition) is 3. The van der Waals surface area contributed by atoms with Crippen molar-refractivity contribution in [3.63, 3.8) is 0 Å². The van der Waals surface area contributed by atoms with Crippen molar-refractivity contribution in [2.45, 2.75) is 12.8 Å². The number of carbonyl (C=O) groups is 1. The van der Waals surface area contributed by atoms with Crippen LogP contribution >= 0.6 is 26.7 Å². The minimum atomic E-state index is -2.82. The largest absolute Gasteiger partial charge is 0.478 e. The number of halogens is 1. The highest BCUT2D eigenvalue weighted by molar-refractivity contribution is 9.10. The summed E-state index contributed by atoms with van der Waals surface area (Å²) in [4.78, 5) is 11.0. The summed E-state index contributed by atoms with van der Waals surface area (Å²) < 4.78 is 22.1. The fourth-order valence-corrected chi connectivity index (χ4v) is 4.10. The molecule has 3 N–H and O–H groups in total. The summed E-state index contributed by atoms with van der Waals surface area (Å²) in [5.41, 5.74) is 0.654. The van der Waals surface area contributed by atoms with E-state index in [-0.39, 0.29) is 5.56 Å². The minimum absolute atomic E-state index is 0.125. The number of carboxylic acid groups (broad SMARTS) is 1. The van der Waals surface area contributed by atoms with Crippen LogP contribution in [-0.2, 0) is 0 Å². The van der Waals surface area contributed by atoms with Crippen LogP contribution in [0.1, 0.15) is 23.2 Å². The number of aromatic carboxylic acids is 1. The molecule has 1 aromatic rings. The molecule has 7 heteroatoms. The van der Waals surface area contributed by atoms with Gasteiger partial charge in [-0.2, -0.15) is 0 Å². The lowest BCUT2D eigenvalue weighted by Crippen LogP contribution is -2.34. The number of carboxylic acids is 1. The first-order chi connectivity index (χ1) is 8.40. The van der Waals surface area contributed by atoms with Crippen LogP contribution in [0.2, 0.25) is 0 Å². The third kappa shape index (κ3) is 2.80. The number of nitrogens with zero attached hydrogens (tertiary/aromatic N) is 1. The fraction of sp³-hybridized carbons (Fsp3) is 0.364. The summed E-state index contributed by atoms with van der Waals surface area (Å²) in [5.74, 6) is -0.701. The third-order valence-corrected chi connectivity index (χ3v) is 5.19. The van der Waals surface area contributed by atoms with Crippen LogP contribution in [0.3, 0.4) is 0 Å². The lowest BCUT2D eigenvalue weighted by Gasteiger charge is -2.47. The van der Waals surface area contributed by atoms with Gasteiger partial charge in [-0.05, 0) is 31.0 Å². The Morgan fingerprint density at radius 2 is 2.00 bits per heavy atom. The summed E-state index contributed by atoms with van der Waals surface area (Å²) in [6.07, 6.45) is 1.64. The van der Waals surface area contributed by atoms with Gasteiger partial charge in [-0.15, -0.1) is 10.8 Å². The van der Waals surface area contributed by atoms with Gasteiger partial charge in [-0.1, -0.05) is 15.9 Å². The zero-order valence-corrected chi connectivity index (χ0v) is 11.9. The molecular formula is C11H14BrNO4S. The van der Waals surface area contributed by atoms with Crippen molar-refractivity contribution < 1.29 is 19.0 Å². The van der Waals surface area contributed by atoms with Crippen molar-refractivity contribution >= 4 is 38.4 Å². The van der Waals surface area contributed by atoms with Crippen molar-refractivity contribution in [3.05, 3.63) is 28.2 Å². The Hall–Kier alpha value is -0.760. The second-order valence-electron chi connectivity index (χ2n) is 4.15. The summed E-state index contributed by atoms with van der Waals surface area (Å²) in [7, 11) is -2.82. The Kier molecular flexibility index (Phi) is 3.86. The van der Waals surface area contributed by atoms with E-state index in [0.717, 1.165) is 12.8 Å². The van der Waals surface area contributed by atoms with E-state index in [2.05, 4.69) is 15.9 Å². The molecule has 0 spiro atoms. The first-order valence-electron chi connectivity index (χ1n) is 5.47. The molecule has 1 heterocycles. The number of hydrogen-bond acceptors (Lipinski definition) is 4. The predicted molar refractivity (Wildman–Crippen MR) is 75.4 cm³/mol. The number of benzene rings is 1. The predicted octanol–water partition coefficient (Wildman–Crippen LogP) is 3.41. The topological polar surface area (TPSA) is 81.0 Å². The van der Waals surface area contributed by atoms with Crippen molar-refractivity contribution in [3.8, 4) is 0 Å². The maximum absolute atomic E-state index is 11.0. The quantitative estimate of drug-likeness (QED) is 0.771. The average Bonchev–Trinajstić information content (AvgIpc) is 2.27. The maximum Gasteiger partial charge on any atom is 0.335 e. The van der Waals surface area contributed by atoms with E-state index in [1.54, 1.807) is 6.07 Å². The van der Waals surface area contributed by atoms with Gasteiger partial charge in [0, 0.05) is 11.0 Å². The molecule has 2 rings (SSSR count). The van der Waals surface area contributed by atoms with Gasteiger partial charge in [0.1, 0.15) is 0 Å². The molecule has 1 saturated heterocycles. The van der Waals surface area contributed by atoms with Gasteiger partial charge in [-0.25, -0.2) is 4.79 Å². The average molecular weight is 336 g/mol. The van der Waals surface area contributed by atoms with Crippen LogP contribution in [0.5, 0.6) is 0 Å². The second-order valence-corrected chi connectivity index (χ2v) is 7.18. The monoisotopic (exact) mass is 335 g/mol. The van der Waals surface area contributed by atoms with Gasteiger partial charge < -0.3 is 5.11 Å². The zero-order valence-electron chi connectivity index (χ0n) is 9.54. The van der Waals surface area contributed by atoms with Gasteiger partial charge in [0.2, 0.25) is 0 Å². The molecule has 1 aliphatic heterocycles. The van der Waals surface area contributed by atoms with E-state index in [9.17, 15) is 13.9 Å². The lowest BCUT2D eigenvalue weighted by atomic mass is 10.2. The summed E-state index contributed by atoms with van der Waals surface area (Å²) in [6, 6.07) is 4.65. The fourth-order valence-electron chi connectivity index (χ4n) is 1.95. The van der Waals surface area contributed by atoms with Gasteiger partial charge in [0.15, 0.2) is 0 Å². The Morgan fingerprint density at radius 1 is 1.28 bits per heavy atom. The molecule has 0 atom stereocenters. The number of anilines is 1. The third-order valence-electron chi connectivity index (χ3n) is 2.80. The van der Waals surface area contributed by atoms with Gasteiger partial charge in [0.05, 0.1) is 17.0 Å². The van der Waals surface area contributed by atoms with Crippen molar-refractivity contribution in [1.29, 1.82) is 0 Å². The standard InChI is InChI=1S/C11H14BrNO4S/c12-9-5-8(11(14)15)6-10(7-9)13-3-1-2-4-18(13,16)17/h5-7,16-17H,1-4H2,(H,14,15). The van der Waals surface area contributed by atoms with Crippen LogP contribution in [0, 0.1) is 0 Å². The van der Waals surface area contributed by atoms with Gasteiger partial charge >= 0.3 is 5.97 Å². The van der Waals surface area contributed by atoms with Crippen LogP contribution in [0.4, 0.5) is 5.69 Å². The molecule has 100 valence electrons.